The van der Waals surface area contributed by atoms with Crippen molar-refractivity contribution in [1.82, 2.24) is 5.43 Å². The first-order valence-corrected chi connectivity index (χ1v) is 8.10. The molecule has 2 nitrogen and oxygen atoms in total. The molecule has 0 bridgehead atoms. The van der Waals surface area contributed by atoms with E-state index in [1.807, 2.05) is 0 Å². The summed E-state index contributed by atoms with van der Waals surface area (Å²) in [5.41, 5.74) is 5.96. The molecule has 20 heavy (non-hydrogen) atoms. The Kier molecular flexibility index (Phi) is 5.62. The number of hydrogen-bond donors (Lipinski definition) is 2. The molecule has 3 unspecified atom stereocenters. The summed E-state index contributed by atoms with van der Waals surface area (Å²) in [6.45, 7) is 6.97. The van der Waals surface area contributed by atoms with E-state index in [9.17, 15) is 0 Å². The zero-order valence-corrected chi connectivity index (χ0v) is 13.2. The van der Waals surface area contributed by atoms with E-state index in [2.05, 4.69) is 50.5 Å². The summed E-state index contributed by atoms with van der Waals surface area (Å²) in [5, 5.41) is 0. The predicted octanol–water partition coefficient (Wildman–Crippen LogP) is 3.83. The molecule has 0 heterocycles. The van der Waals surface area contributed by atoms with E-state index in [1.165, 1.54) is 30.4 Å². The van der Waals surface area contributed by atoms with Crippen molar-refractivity contribution in [2.75, 3.05) is 0 Å². The maximum atomic E-state index is 5.85. The number of hydrogen-bond acceptors (Lipinski definition) is 2. The lowest BCUT2D eigenvalue weighted by Gasteiger charge is -2.36. The van der Waals surface area contributed by atoms with Gasteiger partial charge in [0.25, 0.3) is 0 Å². The zero-order chi connectivity index (χ0) is 14.5. The highest BCUT2D eigenvalue weighted by atomic mass is 15.2. The third-order valence-corrected chi connectivity index (χ3v) is 4.98. The van der Waals surface area contributed by atoms with Gasteiger partial charge in [-0.15, -0.1) is 0 Å². The lowest BCUT2D eigenvalue weighted by molar-refractivity contribution is 0.171. The molecule has 0 aliphatic heterocycles. The smallest absolute Gasteiger partial charge is 0.0242 e. The number of hydrazine groups is 1. The van der Waals surface area contributed by atoms with Crippen LogP contribution in [0, 0.1) is 24.7 Å². The maximum Gasteiger partial charge on any atom is 0.0242 e. The topological polar surface area (TPSA) is 38.0 Å². The van der Waals surface area contributed by atoms with Gasteiger partial charge < -0.3 is 0 Å². The highest BCUT2D eigenvalue weighted by Crippen LogP contribution is 2.35. The highest BCUT2D eigenvalue weighted by molar-refractivity contribution is 5.25. The van der Waals surface area contributed by atoms with Crippen molar-refractivity contribution in [2.45, 2.75) is 58.9 Å². The van der Waals surface area contributed by atoms with Crippen LogP contribution in [0.4, 0.5) is 0 Å². The van der Waals surface area contributed by atoms with Crippen LogP contribution in [0.1, 0.15) is 50.7 Å². The molecule has 0 aromatic heterocycles. The predicted molar refractivity (Wildman–Crippen MR) is 86.3 cm³/mol. The molecular weight excluding hydrogens is 244 g/mol. The number of nitrogens with one attached hydrogen (secondary N) is 1. The Bertz CT molecular complexity index is 406. The molecule has 2 heteroatoms. The van der Waals surface area contributed by atoms with Gasteiger partial charge in [-0.25, -0.2) is 0 Å². The van der Waals surface area contributed by atoms with Crippen LogP contribution in [-0.2, 0) is 6.42 Å². The Hall–Kier alpha value is -0.860. The van der Waals surface area contributed by atoms with Gasteiger partial charge in [0, 0.05) is 6.04 Å². The van der Waals surface area contributed by atoms with Crippen LogP contribution in [0.2, 0.25) is 0 Å². The van der Waals surface area contributed by atoms with E-state index in [-0.39, 0.29) is 0 Å². The Labute approximate surface area is 124 Å². The number of nitrogens with two attached hydrogens (primary N) is 1. The third-order valence-electron chi connectivity index (χ3n) is 4.98. The van der Waals surface area contributed by atoms with Gasteiger partial charge in [0.1, 0.15) is 0 Å². The van der Waals surface area contributed by atoms with Crippen LogP contribution in [-0.4, -0.2) is 6.04 Å². The van der Waals surface area contributed by atoms with Crippen LogP contribution in [0.3, 0.4) is 0 Å². The van der Waals surface area contributed by atoms with E-state index in [0.29, 0.717) is 6.04 Å². The second-order valence-electron chi connectivity index (χ2n) is 6.92. The third kappa shape index (κ3) is 4.07. The van der Waals surface area contributed by atoms with Crippen molar-refractivity contribution in [2.24, 2.45) is 23.6 Å². The summed E-state index contributed by atoms with van der Waals surface area (Å²) in [7, 11) is 0. The molecule has 1 aromatic rings. The Morgan fingerprint density at radius 3 is 2.40 bits per heavy atom. The minimum atomic E-state index is 0.458. The minimum Gasteiger partial charge on any atom is -0.271 e. The standard InChI is InChI=1S/C18H30N2/c1-13-10-14(2)12-17(11-13)18(20-19)9-8-16-7-5-4-6-15(16)3/h4-7,13-14,17-18,20H,8-12,19H2,1-3H3. The average Bonchev–Trinajstić information content (AvgIpc) is 2.40. The Morgan fingerprint density at radius 1 is 1.15 bits per heavy atom. The monoisotopic (exact) mass is 274 g/mol. The van der Waals surface area contributed by atoms with E-state index >= 15 is 0 Å². The molecule has 0 spiro atoms. The van der Waals surface area contributed by atoms with Crippen LogP contribution < -0.4 is 11.3 Å². The van der Waals surface area contributed by atoms with Crippen molar-refractivity contribution in [3.8, 4) is 0 Å². The summed E-state index contributed by atoms with van der Waals surface area (Å²) >= 11 is 0. The van der Waals surface area contributed by atoms with Crippen molar-refractivity contribution in [3.63, 3.8) is 0 Å². The van der Waals surface area contributed by atoms with Crippen molar-refractivity contribution >= 4 is 0 Å². The molecule has 1 aliphatic carbocycles. The molecule has 1 fully saturated rings. The minimum absolute atomic E-state index is 0.458. The molecule has 0 amide bonds. The first-order chi connectivity index (χ1) is 9.60. The van der Waals surface area contributed by atoms with E-state index in [0.717, 1.165) is 30.6 Å². The number of aryl methyl sites for hydroxylation is 2. The number of rotatable bonds is 5. The van der Waals surface area contributed by atoms with E-state index in [4.69, 9.17) is 5.84 Å². The summed E-state index contributed by atoms with van der Waals surface area (Å²) < 4.78 is 0. The molecule has 1 aliphatic rings. The van der Waals surface area contributed by atoms with Crippen molar-refractivity contribution in [1.29, 1.82) is 0 Å². The van der Waals surface area contributed by atoms with Gasteiger partial charge >= 0.3 is 0 Å². The molecule has 0 saturated heterocycles. The summed E-state index contributed by atoms with van der Waals surface area (Å²) in [6.07, 6.45) is 6.30. The lowest BCUT2D eigenvalue weighted by atomic mass is 9.73. The van der Waals surface area contributed by atoms with Gasteiger partial charge in [-0.1, -0.05) is 38.1 Å². The molecule has 2 rings (SSSR count). The Balaban J connectivity index is 1.93. The Morgan fingerprint density at radius 2 is 1.80 bits per heavy atom. The SMILES string of the molecule is Cc1ccccc1CCC(NN)C1CC(C)CC(C)C1. The molecule has 0 radical (unpaired) electrons. The van der Waals surface area contributed by atoms with Gasteiger partial charge in [0.2, 0.25) is 0 Å². The maximum absolute atomic E-state index is 5.85. The first kappa shape index (κ1) is 15.5. The molecule has 1 aromatic carbocycles. The normalized spacial score (nSPS) is 28.3. The second kappa shape index (κ2) is 7.24. The molecular formula is C18H30N2. The van der Waals surface area contributed by atoms with E-state index in [1.54, 1.807) is 0 Å². The van der Waals surface area contributed by atoms with Crippen LogP contribution in [0.25, 0.3) is 0 Å². The van der Waals surface area contributed by atoms with Gasteiger partial charge in [-0.05, 0) is 67.9 Å². The van der Waals surface area contributed by atoms with Crippen LogP contribution >= 0.6 is 0 Å². The van der Waals surface area contributed by atoms with E-state index < -0.39 is 0 Å². The van der Waals surface area contributed by atoms with Gasteiger partial charge in [0.05, 0.1) is 0 Å². The molecule has 3 N–H and O–H groups in total. The second-order valence-corrected chi connectivity index (χ2v) is 6.92. The number of benzene rings is 1. The summed E-state index contributed by atoms with van der Waals surface area (Å²) in [5.74, 6) is 8.28. The van der Waals surface area contributed by atoms with Crippen molar-refractivity contribution < 1.29 is 0 Å². The summed E-state index contributed by atoms with van der Waals surface area (Å²) in [6, 6.07) is 9.15. The quantitative estimate of drug-likeness (QED) is 0.632. The lowest BCUT2D eigenvalue weighted by Crippen LogP contribution is -2.43. The molecule has 112 valence electrons. The molecule has 3 atom stereocenters. The van der Waals surface area contributed by atoms with Gasteiger partial charge in [-0.2, -0.15) is 0 Å². The average molecular weight is 274 g/mol. The molecule has 1 saturated carbocycles. The fourth-order valence-corrected chi connectivity index (χ4v) is 3.99. The van der Waals surface area contributed by atoms with Crippen LogP contribution in [0.15, 0.2) is 24.3 Å². The van der Waals surface area contributed by atoms with Crippen molar-refractivity contribution in [3.05, 3.63) is 35.4 Å². The summed E-state index contributed by atoms with van der Waals surface area (Å²) in [4.78, 5) is 0. The first-order valence-electron chi connectivity index (χ1n) is 8.10. The van der Waals surface area contributed by atoms with Crippen LogP contribution in [0.5, 0.6) is 0 Å². The fraction of sp³-hybridized carbons (Fsp3) is 0.667. The largest absolute Gasteiger partial charge is 0.271 e. The highest BCUT2D eigenvalue weighted by Gasteiger charge is 2.29. The van der Waals surface area contributed by atoms with Gasteiger partial charge in [-0.3, -0.25) is 11.3 Å². The fourth-order valence-electron chi connectivity index (χ4n) is 3.99. The van der Waals surface area contributed by atoms with Gasteiger partial charge in [0.15, 0.2) is 0 Å². The zero-order valence-electron chi connectivity index (χ0n) is 13.2.